The molecule has 1 aliphatic rings. The number of nitrogens with zero attached hydrogens (tertiary/aromatic N) is 1. The molecular weight excluding hydrogens is 257 g/mol. The van der Waals surface area contributed by atoms with Gasteiger partial charge in [-0.05, 0) is 50.8 Å². The summed E-state index contributed by atoms with van der Waals surface area (Å²) >= 11 is 0. The molecule has 0 aliphatic carbocycles. The molecule has 4 heteroatoms. The average molecular weight is 279 g/mol. The minimum Gasteiger partial charge on any atom is -0.444 e. The third kappa shape index (κ3) is 2.94. The number of benzene rings is 1. The van der Waals surface area contributed by atoms with Crippen molar-refractivity contribution in [1.29, 1.82) is 0 Å². The van der Waals surface area contributed by atoms with Crippen LogP contribution in [0.1, 0.15) is 51.3 Å². The van der Waals surface area contributed by atoms with Crippen LogP contribution in [0.25, 0.3) is 0 Å². The Bertz CT molecular complexity index is 508. The summed E-state index contributed by atoms with van der Waals surface area (Å²) in [6, 6.07) is 4.98. The number of hydrogen-bond acceptors (Lipinski definition) is 2. The van der Waals surface area contributed by atoms with Gasteiger partial charge in [0.15, 0.2) is 0 Å². The standard InChI is InChI=1S/C16H22FNO2/c1-5-14-12-7-6-8-13(17)11(12)9-10-18(14)15(19)20-16(2,3)4/h6-8,14H,5,9-10H2,1-4H3. The van der Waals surface area contributed by atoms with Crippen LogP contribution in [-0.4, -0.2) is 23.1 Å². The Morgan fingerprint density at radius 1 is 1.45 bits per heavy atom. The zero-order valence-corrected chi connectivity index (χ0v) is 12.6. The number of rotatable bonds is 1. The van der Waals surface area contributed by atoms with Gasteiger partial charge in [0.1, 0.15) is 11.4 Å². The van der Waals surface area contributed by atoms with Gasteiger partial charge in [0.05, 0.1) is 6.04 Å². The number of ether oxygens (including phenoxy) is 1. The zero-order valence-electron chi connectivity index (χ0n) is 12.6. The Morgan fingerprint density at radius 3 is 2.75 bits per heavy atom. The molecule has 0 aromatic heterocycles. The predicted molar refractivity (Wildman–Crippen MR) is 76.1 cm³/mol. The Kier molecular flexibility index (Phi) is 4.02. The number of carbonyl (C=O) groups excluding carboxylic acids is 1. The summed E-state index contributed by atoms with van der Waals surface area (Å²) in [5, 5.41) is 0. The van der Waals surface area contributed by atoms with Gasteiger partial charge in [-0.3, -0.25) is 0 Å². The summed E-state index contributed by atoms with van der Waals surface area (Å²) in [5.41, 5.74) is 1.13. The molecule has 0 saturated heterocycles. The maximum atomic E-state index is 13.8. The molecular formula is C16H22FNO2. The molecule has 1 aromatic rings. The van der Waals surface area contributed by atoms with Gasteiger partial charge in [-0.2, -0.15) is 0 Å². The van der Waals surface area contributed by atoms with Crippen LogP contribution in [-0.2, 0) is 11.2 Å². The number of halogens is 1. The van der Waals surface area contributed by atoms with E-state index in [1.54, 1.807) is 11.0 Å². The van der Waals surface area contributed by atoms with Crippen molar-refractivity contribution in [2.45, 2.75) is 52.2 Å². The van der Waals surface area contributed by atoms with E-state index in [4.69, 9.17) is 4.74 Å². The van der Waals surface area contributed by atoms with Crippen LogP contribution in [0.4, 0.5) is 9.18 Å². The molecule has 110 valence electrons. The molecule has 1 atom stereocenters. The molecule has 0 fully saturated rings. The average Bonchev–Trinajstić information content (AvgIpc) is 2.35. The minimum atomic E-state index is -0.516. The number of fused-ring (bicyclic) bond motifs is 1. The van der Waals surface area contributed by atoms with E-state index in [0.29, 0.717) is 13.0 Å². The Morgan fingerprint density at radius 2 is 2.15 bits per heavy atom. The summed E-state index contributed by atoms with van der Waals surface area (Å²) in [7, 11) is 0. The zero-order chi connectivity index (χ0) is 14.9. The summed E-state index contributed by atoms with van der Waals surface area (Å²) in [6.07, 6.45) is 0.965. The molecule has 20 heavy (non-hydrogen) atoms. The van der Waals surface area contributed by atoms with Crippen LogP contribution in [0.3, 0.4) is 0 Å². The van der Waals surface area contributed by atoms with E-state index >= 15 is 0 Å². The first-order valence-corrected chi connectivity index (χ1v) is 7.10. The van der Waals surface area contributed by atoms with Gasteiger partial charge in [0.25, 0.3) is 0 Å². The monoisotopic (exact) mass is 279 g/mol. The fraction of sp³-hybridized carbons (Fsp3) is 0.562. The summed E-state index contributed by atoms with van der Waals surface area (Å²) < 4.78 is 19.3. The predicted octanol–water partition coefficient (Wildman–Crippen LogP) is 4.07. The first kappa shape index (κ1) is 14.8. The molecule has 1 heterocycles. The SMILES string of the molecule is CCC1c2cccc(F)c2CCN1C(=O)OC(C)(C)C. The second kappa shape index (κ2) is 5.43. The molecule has 3 nitrogen and oxygen atoms in total. The maximum Gasteiger partial charge on any atom is 0.410 e. The van der Waals surface area contributed by atoms with Crippen molar-refractivity contribution in [2.24, 2.45) is 0 Å². The topological polar surface area (TPSA) is 29.5 Å². The Labute approximate surface area is 119 Å². The second-order valence-corrected chi connectivity index (χ2v) is 6.16. The molecule has 1 amide bonds. The Hall–Kier alpha value is -1.58. The van der Waals surface area contributed by atoms with E-state index in [1.807, 2.05) is 33.8 Å². The van der Waals surface area contributed by atoms with Crippen LogP contribution in [0.5, 0.6) is 0 Å². The highest BCUT2D eigenvalue weighted by Gasteiger charge is 2.33. The highest BCUT2D eigenvalue weighted by Crippen LogP contribution is 2.34. The van der Waals surface area contributed by atoms with E-state index < -0.39 is 5.60 Å². The molecule has 0 spiro atoms. The van der Waals surface area contributed by atoms with Gasteiger partial charge in [0, 0.05) is 6.54 Å². The van der Waals surface area contributed by atoms with Crippen LogP contribution in [0.15, 0.2) is 18.2 Å². The Balaban J connectivity index is 2.28. The van der Waals surface area contributed by atoms with Gasteiger partial charge < -0.3 is 9.64 Å². The van der Waals surface area contributed by atoms with Crippen molar-refractivity contribution in [3.63, 3.8) is 0 Å². The van der Waals surface area contributed by atoms with Gasteiger partial charge >= 0.3 is 6.09 Å². The molecule has 1 unspecified atom stereocenters. The fourth-order valence-corrected chi connectivity index (χ4v) is 2.69. The fourth-order valence-electron chi connectivity index (χ4n) is 2.69. The van der Waals surface area contributed by atoms with Gasteiger partial charge in [0.2, 0.25) is 0 Å². The lowest BCUT2D eigenvalue weighted by molar-refractivity contribution is 0.0135. The molecule has 2 rings (SSSR count). The van der Waals surface area contributed by atoms with Crippen LogP contribution >= 0.6 is 0 Å². The number of carbonyl (C=O) groups is 1. The van der Waals surface area contributed by atoms with Crippen LogP contribution in [0.2, 0.25) is 0 Å². The van der Waals surface area contributed by atoms with Crippen molar-refractivity contribution in [3.8, 4) is 0 Å². The first-order valence-electron chi connectivity index (χ1n) is 7.10. The van der Waals surface area contributed by atoms with E-state index in [0.717, 1.165) is 17.5 Å². The molecule has 0 N–H and O–H groups in total. The van der Waals surface area contributed by atoms with Crippen LogP contribution < -0.4 is 0 Å². The van der Waals surface area contributed by atoms with Crippen LogP contribution in [0, 0.1) is 5.82 Å². The van der Waals surface area contributed by atoms with E-state index in [-0.39, 0.29) is 18.0 Å². The van der Waals surface area contributed by atoms with E-state index in [2.05, 4.69) is 0 Å². The highest BCUT2D eigenvalue weighted by molar-refractivity contribution is 5.69. The maximum absolute atomic E-state index is 13.8. The molecule has 1 aliphatic heterocycles. The van der Waals surface area contributed by atoms with Gasteiger partial charge in [-0.15, -0.1) is 0 Å². The lowest BCUT2D eigenvalue weighted by atomic mass is 9.91. The summed E-state index contributed by atoms with van der Waals surface area (Å²) in [5.74, 6) is -0.176. The summed E-state index contributed by atoms with van der Waals surface area (Å²) in [6.45, 7) is 8.06. The second-order valence-electron chi connectivity index (χ2n) is 6.16. The minimum absolute atomic E-state index is 0.107. The summed E-state index contributed by atoms with van der Waals surface area (Å²) in [4.78, 5) is 14.0. The van der Waals surface area contributed by atoms with Crippen molar-refractivity contribution in [1.82, 2.24) is 4.90 Å². The largest absolute Gasteiger partial charge is 0.444 e. The quantitative estimate of drug-likeness (QED) is 0.775. The van der Waals surface area contributed by atoms with Crippen molar-refractivity contribution < 1.29 is 13.9 Å². The lowest BCUT2D eigenvalue weighted by Crippen LogP contribution is -2.43. The molecule has 0 saturated carbocycles. The lowest BCUT2D eigenvalue weighted by Gasteiger charge is -2.37. The molecule has 1 aromatic carbocycles. The highest BCUT2D eigenvalue weighted by atomic mass is 19.1. The third-order valence-corrected chi connectivity index (χ3v) is 3.51. The third-order valence-electron chi connectivity index (χ3n) is 3.51. The molecule has 0 bridgehead atoms. The van der Waals surface area contributed by atoms with E-state index in [9.17, 15) is 9.18 Å². The van der Waals surface area contributed by atoms with Gasteiger partial charge in [-0.1, -0.05) is 19.1 Å². The molecule has 0 radical (unpaired) electrons. The normalized spacial score (nSPS) is 18.6. The number of amides is 1. The number of hydrogen-bond donors (Lipinski definition) is 0. The van der Waals surface area contributed by atoms with Crippen molar-refractivity contribution >= 4 is 6.09 Å². The van der Waals surface area contributed by atoms with Crippen molar-refractivity contribution in [2.75, 3.05) is 6.54 Å². The smallest absolute Gasteiger partial charge is 0.410 e. The van der Waals surface area contributed by atoms with E-state index in [1.165, 1.54) is 6.07 Å². The van der Waals surface area contributed by atoms with Crippen molar-refractivity contribution in [3.05, 3.63) is 35.1 Å². The van der Waals surface area contributed by atoms with Gasteiger partial charge in [-0.25, -0.2) is 9.18 Å². The first-order chi connectivity index (χ1) is 9.33.